The van der Waals surface area contributed by atoms with Gasteiger partial charge >= 0.3 is 5.97 Å². The molecule has 0 radical (unpaired) electrons. The van der Waals surface area contributed by atoms with E-state index in [1.54, 1.807) is 6.07 Å². The van der Waals surface area contributed by atoms with Gasteiger partial charge in [-0.05, 0) is 36.8 Å². The molecule has 0 aliphatic heterocycles. The highest BCUT2D eigenvalue weighted by molar-refractivity contribution is 6.04. The molecule has 0 aliphatic carbocycles. The summed E-state index contributed by atoms with van der Waals surface area (Å²) in [6, 6.07) is 16.9. The zero-order valence-corrected chi connectivity index (χ0v) is 16.2. The molecule has 6 heteroatoms. The standard InChI is InChI=1S/C22H23N3O3/c1-15-12-19(18-6-4-5-7-20(18)24-15)22(27)28-14-21(26)23-13-16-8-10-17(11-9-16)25(2)3/h4-12H,13-14H2,1-3H3,(H,23,26). The van der Waals surface area contributed by atoms with E-state index in [9.17, 15) is 9.59 Å². The number of hydrogen-bond donors (Lipinski definition) is 1. The number of para-hydroxylation sites is 1. The smallest absolute Gasteiger partial charge is 0.339 e. The summed E-state index contributed by atoms with van der Waals surface area (Å²) in [6.07, 6.45) is 0. The Balaban J connectivity index is 1.57. The third-order valence-electron chi connectivity index (χ3n) is 4.34. The number of fused-ring (bicyclic) bond motifs is 1. The Morgan fingerprint density at radius 2 is 1.79 bits per heavy atom. The van der Waals surface area contributed by atoms with Gasteiger partial charge in [0.15, 0.2) is 6.61 Å². The van der Waals surface area contributed by atoms with Gasteiger partial charge in [0, 0.05) is 37.4 Å². The van der Waals surface area contributed by atoms with Crippen LogP contribution in [0.1, 0.15) is 21.6 Å². The highest BCUT2D eigenvalue weighted by Gasteiger charge is 2.14. The predicted octanol–water partition coefficient (Wildman–Crippen LogP) is 3.08. The lowest BCUT2D eigenvalue weighted by Crippen LogP contribution is -2.28. The van der Waals surface area contributed by atoms with Crippen molar-refractivity contribution >= 4 is 28.5 Å². The van der Waals surface area contributed by atoms with Gasteiger partial charge in [0.25, 0.3) is 5.91 Å². The number of hydrogen-bond acceptors (Lipinski definition) is 5. The molecule has 0 saturated heterocycles. The van der Waals surface area contributed by atoms with Crippen LogP contribution < -0.4 is 10.2 Å². The van der Waals surface area contributed by atoms with Gasteiger partial charge in [0.2, 0.25) is 0 Å². The fraction of sp³-hybridized carbons (Fsp3) is 0.227. The first-order chi connectivity index (χ1) is 13.4. The van der Waals surface area contributed by atoms with Crippen LogP contribution in [0.15, 0.2) is 54.6 Å². The van der Waals surface area contributed by atoms with Crippen molar-refractivity contribution in [3.05, 3.63) is 71.4 Å². The molecule has 0 spiro atoms. The molecule has 0 bridgehead atoms. The lowest BCUT2D eigenvalue weighted by atomic mass is 10.1. The minimum Gasteiger partial charge on any atom is -0.452 e. The number of aryl methyl sites for hydroxylation is 1. The number of aromatic nitrogens is 1. The summed E-state index contributed by atoms with van der Waals surface area (Å²) in [5.74, 6) is -0.882. The van der Waals surface area contributed by atoms with Crippen molar-refractivity contribution in [3.63, 3.8) is 0 Å². The molecular weight excluding hydrogens is 354 g/mol. The van der Waals surface area contributed by atoms with Gasteiger partial charge in [-0.2, -0.15) is 0 Å². The number of rotatable bonds is 6. The number of anilines is 1. The summed E-state index contributed by atoms with van der Waals surface area (Å²) in [4.78, 5) is 30.9. The van der Waals surface area contributed by atoms with Gasteiger partial charge < -0.3 is 15.0 Å². The van der Waals surface area contributed by atoms with Gasteiger partial charge in [-0.1, -0.05) is 30.3 Å². The Hall–Kier alpha value is -3.41. The molecule has 3 rings (SSSR count). The Morgan fingerprint density at radius 1 is 1.07 bits per heavy atom. The summed E-state index contributed by atoms with van der Waals surface area (Å²) in [6.45, 7) is 1.86. The van der Waals surface area contributed by atoms with E-state index in [1.165, 1.54) is 0 Å². The van der Waals surface area contributed by atoms with Gasteiger partial charge in [0.1, 0.15) is 0 Å². The number of pyridine rings is 1. The van der Waals surface area contributed by atoms with Gasteiger partial charge in [0.05, 0.1) is 11.1 Å². The Bertz CT molecular complexity index is 998. The number of amides is 1. The molecule has 28 heavy (non-hydrogen) atoms. The zero-order chi connectivity index (χ0) is 20.1. The number of benzene rings is 2. The number of ether oxygens (including phenoxy) is 1. The van der Waals surface area contributed by atoms with E-state index in [4.69, 9.17) is 4.74 Å². The summed E-state index contributed by atoms with van der Waals surface area (Å²) in [7, 11) is 3.94. The van der Waals surface area contributed by atoms with Crippen LogP contribution in [0.25, 0.3) is 10.9 Å². The van der Waals surface area contributed by atoms with Crippen LogP contribution in [0.2, 0.25) is 0 Å². The lowest BCUT2D eigenvalue weighted by molar-refractivity contribution is -0.124. The second-order valence-corrected chi connectivity index (χ2v) is 6.74. The van der Waals surface area contributed by atoms with Crippen LogP contribution in [0.5, 0.6) is 0 Å². The monoisotopic (exact) mass is 377 g/mol. The number of carbonyl (C=O) groups is 2. The SMILES string of the molecule is Cc1cc(C(=O)OCC(=O)NCc2ccc(N(C)C)cc2)c2ccccc2n1. The first kappa shape index (κ1) is 19.4. The molecular formula is C22H23N3O3. The average Bonchev–Trinajstić information content (AvgIpc) is 2.70. The first-order valence-electron chi connectivity index (χ1n) is 9.00. The van der Waals surface area contributed by atoms with Crippen LogP contribution in [-0.2, 0) is 16.1 Å². The molecule has 1 heterocycles. The normalized spacial score (nSPS) is 10.5. The Labute approximate surface area is 164 Å². The van der Waals surface area contributed by atoms with Crippen LogP contribution in [0.3, 0.4) is 0 Å². The van der Waals surface area contributed by atoms with Crippen LogP contribution in [-0.4, -0.2) is 37.6 Å². The van der Waals surface area contributed by atoms with E-state index < -0.39 is 5.97 Å². The van der Waals surface area contributed by atoms with Crippen molar-refractivity contribution in [2.45, 2.75) is 13.5 Å². The van der Waals surface area contributed by atoms with Gasteiger partial charge in [-0.25, -0.2) is 4.79 Å². The molecule has 3 aromatic rings. The summed E-state index contributed by atoms with van der Waals surface area (Å²) >= 11 is 0. The quantitative estimate of drug-likeness (QED) is 0.669. The Morgan fingerprint density at radius 3 is 2.50 bits per heavy atom. The maximum atomic E-state index is 12.5. The van der Waals surface area contributed by atoms with Crippen molar-refractivity contribution in [1.29, 1.82) is 0 Å². The molecule has 1 amide bonds. The molecule has 0 unspecified atom stereocenters. The molecule has 0 atom stereocenters. The number of esters is 1. The molecule has 6 nitrogen and oxygen atoms in total. The fourth-order valence-corrected chi connectivity index (χ4v) is 2.85. The summed E-state index contributed by atoms with van der Waals surface area (Å²) in [5.41, 5.74) is 3.91. The molecule has 144 valence electrons. The van der Waals surface area contributed by atoms with E-state index in [2.05, 4.69) is 10.3 Å². The fourth-order valence-electron chi connectivity index (χ4n) is 2.85. The zero-order valence-electron chi connectivity index (χ0n) is 16.2. The predicted molar refractivity (Wildman–Crippen MR) is 109 cm³/mol. The van der Waals surface area contributed by atoms with E-state index in [1.807, 2.05) is 74.4 Å². The molecule has 2 aromatic carbocycles. The minimum atomic E-state index is -0.535. The molecule has 0 aliphatic rings. The van der Waals surface area contributed by atoms with Gasteiger partial charge in [-0.3, -0.25) is 9.78 Å². The topological polar surface area (TPSA) is 71.5 Å². The Kier molecular flexibility index (Phi) is 5.89. The summed E-state index contributed by atoms with van der Waals surface area (Å²) < 4.78 is 5.21. The highest BCUT2D eigenvalue weighted by atomic mass is 16.5. The van der Waals surface area contributed by atoms with Crippen LogP contribution in [0, 0.1) is 6.92 Å². The number of carbonyl (C=O) groups excluding carboxylic acids is 2. The number of nitrogens with zero attached hydrogens (tertiary/aromatic N) is 2. The maximum Gasteiger partial charge on any atom is 0.339 e. The largest absolute Gasteiger partial charge is 0.452 e. The highest BCUT2D eigenvalue weighted by Crippen LogP contribution is 2.19. The van der Waals surface area contributed by atoms with Gasteiger partial charge in [-0.15, -0.1) is 0 Å². The summed E-state index contributed by atoms with van der Waals surface area (Å²) in [5, 5.41) is 3.47. The molecule has 1 aromatic heterocycles. The van der Waals surface area contributed by atoms with Crippen LogP contribution >= 0.6 is 0 Å². The van der Waals surface area contributed by atoms with E-state index in [0.29, 0.717) is 17.5 Å². The maximum absolute atomic E-state index is 12.5. The van der Waals surface area contributed by atoms with Crippen LogP contribution in [0.4, 0.5) is 5.69 Å². The first-order valence-corrected chi connectivity index (χ1v) is 9.00. The average molecular weight is 377 g/mol. The third-order valence-corrected chi connectivity index (χ3v) is 4.34. The molecule has 1 N–H and O–H groups in total. The van der Waals surface area contributed by atoms with Crippen molar-refractivity contribution in [3.8, 4) is 0 Å². The van der Waals surface area contributed by atoms with Crippen molar-refractivity contribution in [2.75, 3.05) is 25.6 Å². The van der Waals surface area contributed by atoms with E-state index in [-0.39, 0.29) is 12.5 Å². The lowest BCUT2D eigenvalue weighted by Gasteiger charge is -2.13. The van der Waals surface area contributed by atoms with Crippen molar-refractivity contribution in [1.82, 2.24) is 10.3 Å². The van der Waals surface area contributed by atoms with Crippen molar-refractivity contribution in [2.24, 2.45) is 0 Å². The van der Waals surface area contributed by atoms with E-state index in [0.717, 1.165) is 22.5 Å². The molecule has 0 fully saturated rings. The number of nitrogens with one attached hydrogen (secondary N) is 1. The minimum absolute atomic E-state index is 0.329. The third kappa shape index (κ3) is 4.65. The van der Waals surface area contributed by atoms with E-state index >= 15 is 0 Å². The second-order valence-electron chi connectivity index (χ2n) is 6.74. The second kappa shape index (κ2) is 8.52. The molecule has 0 saturated carbocycles. The van der Waals surface area contributed by atoms with Crippen molar-refractivity contribution < 1.29 is 14.3 Å².